The monoisotopic (exact) mass is 395 g/mol. The summed E-state index contributed by atoms with van der Waals surface area (Å²) in [6.45, 7) is 2.84. The van der Waals surface area contributed by atoms with Gasteiger partial charge in [0, 0.05) is 33.2 Å². The van der Waals surface area contributed by atoms with E-state index in [0.29, 0.717) is 37.3 Å². The van der Waals surface area contributed by atoms with Crippen LogP contribution in [0.2, 0.25) is 0 Å². The lowest BCUT2D eigenvalue weighted by Crippen LogP contribution is -2.35. The topological polar surface area (TPSA) is 85.2 Å². The lowest BCUT2D eigenvalue weighted by molar-refractivity contribution is -0.0946. The average Bonchev–Trinajstić information content (AvgIpc) is 3.19. The Morgan fingerprint density at radius 2 is 1.92 bits per heavy atom. The molecule has 0 aliphatic carbocycles. The van der Waals surface area contributed by atoms with E-state index in [9.17, 15) is 8.42 Å². The van der Waals surface area contributed by atoms with Gasteiger partial charge in [0.25, 0.3) is 0 Å². The van der Waals surface area contributed by atoms with Gasteiger partial charge in [-0.2, -0.15) is 0 Å². The van der Waals surface area contributed by atoms with E-state index in [1.54, 1.807) is 32.2 Å². The first-order chi connectivity index (χ1) is 12.4. The minimum absolute atomic E-state index is 0.207. The maximum Gasteiger partial charge on any atom is 0.215 e. The van der Waals surface area contributed by atoms with E-state index in [4.69, 9.17) is 14.7 Å². The Morgan fingerprint density at radius 3 is 2.50 bits per heavy atom. The van der Waals surface area contributed by atoms with E-state index in [2.05, 4.69) is 5.16 Å². The van der Waals surface area contributed by atoms with Gasteiger partial charge in [0.1, 0.15) is 4.21 Å². The van der Waals surface area contributed by atoms with Gasteiger partial charge < -0.3 is 14.7 Å². The van der Waals surface area contributed by atoms with Gasteiger partial charge in [0.15, 0.2) is 0 Å². The van der Waals surface area contributed by atoms with E-state index in [1.807, 2.05) is 5.38 Å². The summed E-state index contributed by atoms with van der Waals surface area (Å²) in [5.41, 5.74) is 1.49. The van der Waals surface area contributed by atoms with Crippen molar-refractivity contribution in [3.05, 3.63) is 46.8 Å². The molecule has 6 nitrogen and oxygen atoms in total. The van der Waals surface area contributed by atoms with Crippen molar-refractivity contribution in [2.24, 2.45) is 5.16 Å². The molecule has 2 heterocycles. The highest BCUT2D eigenvalue weighted by Gasteiger charge is 2.36. The smallest absolute Gasteiger partial charge is 0.215 e. The number of nitrogens with zero attached hydrogens (tertiary/aromatic N) is 1. The molecular weight excluding hydrogens is 374 g/mol. The number of benzene rings is 1. The quantitative estimate of drug-likeness (QED) is 0.476. The summed E-state index contributed by atoms with van der Waals surface area (Å²) < 4.78 is 37.3. The Hall–Kier alpha value is -1.74. The molecule has 140 valence electrons. The first-order valence-corrected chi connectivity index (χ1v) is 10.6. The molecule has 3 rings (SSSR count). The van der Waals surface area contributed by atoms with Crippen LogP contribution in [0, 0.1) is 0 Å². The Kier molecular flexibility index (Phi) is 5.47. The summed E-state index contributed by atoms with van der Waals surface area (Å²) in [5.74, 6) is 0. The van der Waals surface area contributed by atoms with Crippen LogP contribution in [0.1, 0.15) is 30.9 Å². The van der Waals surface area contributed by atoms with Crippen LogP contribution in [0.4, 0.5) is 0 Å². The molecule has 0 atom stereocenters. The molecule has 0 radical (unpaired) electrons. The number of rotatable bonds is 5. The minimum Gasteiger partial charge on any atom is -0.411 e. The van der Waals surface area contributed by atoms with Gasteiger partial charge in [0.05, 0.1) is 16.2 Å². The molecule has 2 aromatic rings. The summed E-state index contributed by atoms with van der Waals surface area (Å²) in [5, 5.41) is 13.8. The molecule has 26 heavy (non-hydrogen) atoms. The van der Waals surface area contributed by atoms with Crippen LogP contribution in [-0.4, -0.2) is 39.7 Å². The molecule has 1 N–H and O–H groups in total. The highest BCUT2D eigenvalue weighted by Crippen LogP contribution is 2.39. The number of hydrogen-bond acceptors (Lipinski definition) is 7. The second-order valence-corrected chi connectivity index (χ2v) is 9.27. The van der Waals surface area contributed by atoms with Crippen LogP contribution < -0.4 is 0 Å². The third-order valence-electron chi connectivity index (χ3n) is 4.79. The van der Waals surface area contributed by atoms with Crippen molar-refractivity contribution in [2.45, 2.75) is 34.5 Å². The van der Waals surface area contributed by atoms with Crippen molar-refractivity contribution < 1.29 is 23.1 Å². The number of ether oxygens (including phenoxy) is 2. The lowest BCUT2D eigenvalue weighted by atomic mass is 9.88. The molecule has 0 amide bonds. The van der Waals surface area contributed by atoms with Gasteiger partial charge in [-0.1, -0.05) is 17.3 Å². The fraction of sp³-hybridized carbons (Fsp3) is 0.389. The molecule has 0 saturated carbocycles. The lowest BCUT2D eigenvalue weighted by Gasteiger charge is -2.35. The molecular formula is C18H21NO5S2. The zero-order valence-electron chi connectivity index (χ0n) is 14.6. The van der Waals surface area contributed by atoms with E-state index in [1.165, 1.54) is 23.5 Å². The minimum atomic E-state index is -3.61. The fourth-order valence-corrected chi connectivity index (χ4v) is 5.73. The van der Waals surface area contributed by atoms with Gasteiger partial charge >= 0.3 is 0 Å². The Morgan fingerprint density at radius 1 is 1.27 bits per heavy atom. The molecule has 1 fully saturated rings. The van der Waals surface area contributed by atoms with Gasteiger partial charge in [-0.15, -0.1) is 11.3 Å². The second-order valence-electron chi connectivity index (χ2n) is 6.18. The Balaban J connectivity index is 1.92. The first kappa shape index (κ1) is 19.0. The van der Waals surface area contributed by atoms with Gasteiger partial charge in [-0.05, 0) is 41.6 Å². The first-order valence-electron chi connectivity index (χ1n) is 8.19. The molecule has 1 aliphatic heterocycles. The van der Waals surface area contributed by atoms with E-state index < -0.39 is 15.4 Å². The van der Waals surface area contributed by atoms with Crippen LogP contribution in [0.5, 0.6) is 0 Å². The predicted molar refractivity (Wildman–Crippen MR) is 99.0 cm³/mol. The molecule has 1 aromatic carbocycles. The van der Waals surface area contributed by atoms with Crippen LogP contribution in [0.15, 0.2) is 50.0 Å². The third-order valence-corrected chi connectivity index (χ3v) is 8.00. The van der Waals surface area contributed by atoms with Crippen LogP contribution in [0.25, 0.3) is 0 Å². The average molecular weight is 396 g/mol. The van der Waals surface area contributed by atoms with Crippen molar-refractivity contribution in [2.75, 3.05) is 20.3 Å². The number of oxime groups is 1. The van der Waals surface area contributed by atoms with Crippen molar-refractivity contribution in [3.8, 4) is 0 Å². The molecule has 8 heteroatoms. The summed E-state index contributed by atoms with van der Waals surface area (Å²) in [6, 6.07) is 8.03. The summed E-state index contributed by atoms with van der Waals surface area (Å²) in [4.78, 5) is 0.207. The van der Waals surface area contributed by atoms with Crippen LogP contribution >= 0.6 is 11.3 Å². The van der Waals surface area contributed by atoms with Gasteiger partial charge in [-0.25, -0.2) is 8.42 Å². The van der Waals surface area contributed by atoms with Gasteiger partial charge in [0.2, 0.25) is 9.84 Å². The normalized spacial score (nSPS) is 18.0. The number of methoxy groups -OCH3 is 1. The highest BCUT2D eigenvalue weighted by atomic mass is 32.2. The van der Waals surface area contributed by atoms with E-state index >= 15 is 0 Å². The molecule has 0 spiro atoms. The second kappa shape index (κ2) is 7.48. The summed E-state index contributed by atoms with van der Waals surface area (Å²) in [7, 11) is -1.96. The Labute approximate surface area is 157 Å². The maximum absolute atomic E-state index is 12.9. The Bertz CT molecular complexity index is 894. The zero-order valence-corrected chi connectivity index (χ0v) is 16.3. The summed E-state index contributed by atoms with van der Waals surface area (Å²) in [6.07, 6.45) is 1.41. The maximum atomic E-state index is 12.9. The van der Waals surface area contributed by atoms with Gasteiger partial charge in [-0.3, -0.25) is 0 Å². The molecule has 0 unspecified atom stereocenters. The molecule has 1 aromatic heterocycles. The fourth-order valence-electron chi connectivity index (χ4n) is 3.06. The highest BCUT2D eigenvalue weighted by molar-refractivity contribution is 7.93. The number of hydrogen-bond donors (Lipinski definition) is 1. The third kappa shape index (κ3) is 3.42. The van der Waals surface area contributed by atoms with E-state index in [-0.39, 0.29) is 9.10 Å². The predicted octanol–water partition coefficient (Wildman–Crippen LogP) is 3.43. The van der Waals surface area contributed by atoms with Crippen molar-refractivity contribution >= 4 is 26.9 Å². The zero-order chi connectivity index (χ0) is 18.8. The number of sulfone groups is 1. The van der Waals surface area contributed by atoms with Crippen molar-refractivity contribution in [1.82, 2.24) is 0 Å². The standard InChI is InChI=1S/C18H21NO5S2/c1-13(19-20)14-3-5-16(6-4-14)26(21,22)17-11-15(12-25-17)18(23-2)7-9-24-10-8-18/h3-6,11-12,20H,7-10H2,1-2H3. The molecule has 0 bridgehead atoms. The molecule has 1 aliphatic rings. The summed E-state index contributed by atoms with van der Waals surface area (Å²) >= 11 is 1.20. The van der Waals surface area contributed by atoms with E-state index in [0.717, 1.165) is 5.56 Å². The largest absolute Gasteiger partial charge is 0.411 e. The van der Waals surface area contributed by atoms with Crippen LogP contribution in [0.3, 0.4) is 0 Å². The van der Waals surface area contributed by atoms with Crippen molar-refractivity contribution in [3.63, 3.8) is 0 Å². The molecule has 1 saturated heterocycles. The number of thiophene rings is 1. The van der Waals surface area contributed by atoms with Crippen molar-refractivity contribution in [1.29, 1.82) is 0 Å². The van der Waals surface area contributed by atoms with Crippen LogP contribution in [-0.2, 0) is 24.9 Å². The SMILES string of the molecule is COC1(c2csc(S(=O)(=O)c3ccc(C(C)=NO)cc3)c2)CCOCC1.